The number of carbonyl (C=O) groups is 1. The molecule has 0 bridgehead atoms. The molecule has 0 saturated heterocycles. The van der Waals surface area contributed by atoms with Crippen LogP contribution in [-0.2, 0) is 22.3 Å². The lowest BCUT2D eigenvalue weighted by Gasteiger charge is -2.15. The van der Waals surface area contributed by atoms with Crippen LogP contribution in [-0.4, -0.2) is 34.1 Å². The molecule has 0 spiro atoms. The lowest BCUT2D eigenvalue weighted by atomic mass is 9.95. The van der Waals surface area contributed by atoms with Crippen molar-refractivity contribution in [2.75, 3.05) is 13.3 Å². The summed E-state index contributed by atoms with van der Waals surface area (Å²) in [5.74, 6) is -0.206. The number of phenols is 1. The summed E-state index contributed by atoms with van der Waals surface area (Å²) in [6.45, 7) is 3.69. The Labute approximate surface area is 145 Å². The van der Waals surface area contributed by atoms with E-state index in [1.54, 1.807) is 26.0 Å². The van der Waals surface area contributed by atoms with Crippen molar-refractivity contribution in [1.82, 2.24) is 0 Å². The Morgan fingerprint density at radius 2 is 2.08 bits per heavy atom. The summed E-state index contributed by atoms with van der Waals surface area (Å²) in [6.07, 6.45) is 4.73. The Hall–Kier alpha value is -2.08. The normalized spacial score (nSPS) is 14.8. The average molecular weight is 368 g/mol. The highest BCUT2D eigenvalue weighted by molar-refractivity contribution is 7.51. The van der Waals surface area contributed by atoms with Gasteiger partial charge in [-0.05, 0) is 25.8 Å². The molecule has 136 valence electrons. The Morgan fingerprint density at radius 3 is 2.68 bits per heavy atom. The molecule has 0 aliphatic carbocycles. The van der Waals surface area contributed by atoms with Gasteiger partial charge in [0, 0.05) is 11.1 Å². The molecule has 1 aromatic carbocycles. The van der Waals surface area contributed by atoms with Crippen LogP contribution < -0.4 is 4.74 Å². The number of hydrogen-bond donors (Lipinski definition) is 3. The van der Waals surface area contributed by atoms with Crippen molar-refractivity contribution in [3.63, 3.8) is 0 Å². The van der Waals surface area contributed by atoms with Gasteiger partial charge in [-0.1, -0.05) is 23.8 Å². The van der Waals surface area contributed by atoms with Crippen molar-refractivity contribution < 1.29 is 33.7 Å². The second kappa shape index (κ2) is 7.44. The maximum absolute atomic E-state index is 11.8. The van der Waals surface area contributed by atoms with Crippen molar-refractivity contribution in [1.29, 1.82) is 0 Å². The van der Waals surface area contributed by atoms with E-state index in [9.17, 15) is 14.5 Å². The maximum Gasteiger partial charge on any atom is 0.342 e. The number of cyclic esters (lactones) is 1. The molecular weight excluding hydrogens is 347 g/mol. The van der Waals surface area contributed by atoms with Crippen LogP contribution in [0, 0.1) is 6.92 Å². The summed E-state index contributed by atoms with van der Waals surface area (Å²) < 4.78 is 21.2. The number of benzene rings is 1. The van der Waals surface area contributed by atoms with Crippen LogP contribution in [0.1, 0.15) is 34.0 Å². The summed E-state index contributed by atoms with van der Waals surface area (Å²) in [5.41, 5.74) is 2.79. The van der Waals surface area contributed by atoms with Gasteiger partial charge in [0.2, 0.25) is 0 Å². The maximum atomic E-state index is 11.8. The largest absolute Gasteiger partial charge is 0.507 e. The molecule has 8 heteroatoms. The van der Waals surface area contributed by atoms with E-state index >= 15 is 0 Å². The minimum Gasteiger partial charge on any atom is -0.507 e. The molecule has 0 amide bonds. The van der Waals surface area contributed by atoms with E-state index < -0.39 is 13.6 Å². The van der Waals surface area contributed by atoms with Gasteiger partial charge in [0.25, 0.3) is 0 Å². The number of fused-ring (bicyclic) bond motifs is 1. The fourth-order valence-corrected chi connectivity index (χ4v) is 3.12. The third-order valence-electron chi connectivity index (χ3n) is 4.00. The molecule has 1 aliphatic rings. The van der Waals surface area contributed by atoms with Gasteiger partial charge in [0.1, 0.15) is 23.7 Å². The van der Waals surface area contributed by atoms with Crippen molar-refractivity contribution in [2.24, 2.45) is 0 Å². The van der Waals surface area contributed by atoms with Gasteiger partial charge in [-0.15, -0.1) is 0 Å². The number of phenolic OH excluding ortho intramolecular Hbond substituents is 1. The Kier molecular flexibility index (Phi) is 5.72. The third kappa shape index (κ3) is 4.31. The lowest BCUT2D eigenvalue weighted by molar-refractivity contribution is 0.0533. The quantitative estimate of drug-likeness (QED) is 0.402. The minimum atomic E-state index is -4.07. The molecule has 1 aromatic rings. The van der Waals surface area contributed by atoms with Crippen LogP contribution in [0.3, 0.4) is 0 Å². The van der Waals surface area contributed by atoms with Gasteiger partial charge in [-0.2, -0.15) is 0 Å². The Balaban J connectivity index is 2.32. The third-order valence-corrected chi connectivity index (χ3v) is 4.69. The molecule has 0 atom stereocenters. The first kappa shape index (κ1) is 19.2. The van der Waals surface area contributed by atoms with Crippen LogP contribution in [0.25, 0.3) is 0 Å². The molecule has 0 fully saturated rings. The van der Waals surface area contributed by atoms with Gasteiger partial charge >= 0.3 is 13.6 Å². The molecule has 1 heterocycles. The van der Waals surface area contributed by atoms with E-state index in [2.05, 4.69) is 0 Å². The molecule has 3 N–H and O–H groups in total. The molecule has 0 radical (unpaired) electrons. The predicted molar refractivity (Wildman–Crippen MR) is 92.0 cm³/mol. The van der Waals surface area contributed by atoms with E-state index in [0.29, 0.717) is 23.3 Å². The average Bonchev–Trinajstić information content (AvgIpc) is 2.90. The molecule has 2 rings (SSSR count). The SMILES string of the molecule is COc1c(C)c2c(c(O)c1C/C=C(C)/C=C/CP(=O)(O)O)C(=O)OC2. The van der Waals surface area contributed by atoms with E-state index in [1.807, 2.05) is 0 Å². The molecule has 1 aliphatic heterocycles. The summed E-state index contributed by atoms with van der Waals surface area (Å²) in [6, 6.07) is 0. The summed E-state index contributed by atoms with van der Waals surface area (Å²) in [4.78, 5) is 29.5. The second-order valence-corrected chi connectivity index (χ2v) is 7.51. The molecule has 0 unspecified atom stereocenters. The van der Waals surface area contributed by atoms with Crippen LogP contribution in [0.4, 0.5) is 0 Å². The fraction of sp³-hybridized carbons (Fsp3) is 0.353. The molecule has 25 heavy (non-hydrogen) atoms. The van der Waals surface area contributed by atoms with Gasteiger partial charge in [-0.25, -0.2) is 4.79 Å². The predicted octanol–water partition coefficient (Wildman–Crippen LogP) is 2.60. The highest BCUT2D eigenvalue weighted by Gasteiger charge is 2.31. The number of aromatic hydroxyl groups is 1. The standard InChI is InChI=1S/C17H21O7P/c1-10(5-4-8-25(20,21)22)6-7-12-15(18)14-13(9-24-17(14)19)11(2)16(12)23-3/h4-6,18H,7-9H2,1-3H3,(H2,20,21,22)/b5-4+,10-6+. The molecule has 0 saturated carbocycles. The topological polar surface area (TPSA) is 113 Å². The number of carbonyl (C=O) groups excluding carboxylic acids is 1. The van der Waals surface area contributed by atoms with Crippen molar-refractivity contribution in [3.05, 3.63) is 46.1 Å². The van der Waals surface area contributed by atoms with Crippen molar-refractivity contribution in [3.8, 4) is 11.5 Å². The molecular formula is C17H21O7P. The molecule has 7 nitrogen and oxygen atoms in total. The number of esters is 1. The number of ether oxygens (including phenoxy) is 2. The van der Waals surface area contributed by atoms with Gasteiger partial charge < -0.3 is 24.4 Å². The summed E-state index contributed by atoms with van der Waals surface area (Å²) in [5, 5.41) is 10.5. The van der Waals surface area contributed by atoms with Crippen molar-refractivity contribution >= 4 is 13.6 Å². The lowest BCUT2D eigenvalue weighted by Crippen LogP contribution is -2.03. The van der Waals surface area contributed by atoms with Crippen LogP contribution in [0.15, 0.2) is 23.8 Å². The zero-order chi connectivity index (χ0) is 18.8. The monoisotopic (exact) mass is 368 g/mol. The van der Waals surface area contributed by atoms with Crippen LogP contribution >= 0.6 is 7.60 Å². The highest BCUT2D eigenvalue weighted by Crippen LogP contribution is 2.42. The first-order chi connectivity index (χ1) is 11.7. The number of methoxy groups -OCH3 is 1. The summed E-state index contributed by atoms with van der Waals surface area (Å²) in [7, 11) is -2.58. The smallest absolute Gasteiger partial charge is 0.342 e. The first-order valence-corrected chi connectivity index (χ1v) is 9.41. The Bertz CT molecular complexity index is 802. The van der Waals surface area contributed by atoms with Crippen molar-refractivity contribution in [2.45, 2.75) is 26.9 Å². The minimum absolute atomic E-state index is 0.115. The zero-order valence-electron chi connectivity index (χ0n) is 14.3. The van der Waals surface area contributed by atoms with Gasteiger partial charge in [0.05, 0.1) is 13.3 Å². The zero-order valence-corrected chi connectivity index (χ0v) is 15.2. The number of allylic oxidation sites excluding steroid dienone is 4. The number of hydrogen-bond acceptors (Lipinski definition) is 5. The first-order valence-electron chi connectivity index (χ1n) is 7.62. The summed E-state index contributed by atoms with van der Waals surface area (Å²) >= 11 is 0. The van der Waals surface area contributed by atoms with E-state index in [-0.39, 0.29) is 24.1 Å². The van der Waals surface area contributed by atoms with E-state index in [0.717, 1.165) is 11.1 Å². The highest BCUT2D eigenvalue weighted by atomic mass is 31.2. The fourth-order valence-electron chi connectivity index (χ4n) is 2.74. The van der Waals surface area contributed by atoms with Gasteiger partial charge in [0.15, 0.2) is 0 Å². The van der Waals surface area contributed by atoms with Crippen LogP contribution in [0.5, 0.6) is 11.5 Å². The van der Waals surface area contributed by atoms with E-state index in [4.69, 9.17) is 19.3 Å². The second-order valence-electron chi connectivity index (χ2n) is 5.82. The van der Waals surface area contributed by atoms with Crippen LogP contribution in [0.2, 0.25) is 0 Å². The van der Waals surface area contributed by atoms with Gasteiger partial charge in [-0.3, -0.25) is 4.57 Å². The number of rotatable bonds is 6. The van der Waals surface area contributed by atoms with E-state index in [1.165, 1.54) is 13.2 Å². The molecule has 0 aromatic heterocycles. The Morgan fingerprint density at radius 1 is 1.40 bits per heavy atom.